The quantitative estimate of drug-likeness (QED) is 0.195. The van der Waals surface area contributed by atoms with Crippen molar-refractivity contribution in [1.29, 1.82) is 0 Å². The van der Waals surface area contributed by atoms with Gasteiger partial charge in [-0.1, -0.05) is 51.5 Å². The number of Topliss-reactive ketones (excluding diaryl/α,β-unsaturated/α-hetero) is 1. The predicted molar refractivity (Wildman–Crippen MR) is 162 cm³/mol. The molecular formula is C32H47N3O8. The van der Waals surface area contributed by atoms with Crippen LogP contribution in [0.15, 0.2) is 58.5 Å². The lowest BCUT2D eigenvalue weighted by molar-refractivity contribution is -0.120. The average Bonchev–Trinajstić information content (AvgIpc) is 2.95. The third-order valence-corrected chi connectivity index (χ3v) is 7.63. The zero-order chi connectivity index (χ0) is 32.3. The van der Waals surface area contributed by atoms with E-state index in [2.05, 4.69) is 10.6 Å². The molecule has 2 rings (SSSR count). The second-order valence-electron chi connectivity index (χ2n) is 11.2. The molecule has 11 nitrogen and oxygen atoms in total. The van der Waals surface area contributed by atoms with Crippen LogP contribution < -0.4 is 16.4 Å². The number of unbranched alkanes of at least 4 members (excludes halogenated alkanes) is 1. The van der Waals surface area contributed by atoms with Gasteiger partial charge in [0.2, 0.25) is 11.6 Å². The summed E-state index contributed by atoms with van der Waals surface area (Å²) in [7, 11) is 2.94. The number of allylic oxidation sites excluding steroid dienone is 4. The number of carbonyl (C=O) groups is 4. The Hall–Kier alpha value is -3.54. The molecule has 6 atom stereocenters. The maximum Gasteiger partial charge on any atom is 0.405 e. The third-order valence-electron chi connectivity index (χ3n) is 7.63. The summed E-state index contributed by atoms with van der Waals surface area (Å²) < 4.78 is 16.6. The van der Waals surface area contributed by atoms with Gasteiger partial charge in [0.05, 0.1) is 23.6 Å². The number of hydrogen-bond acceptors (Lipinski definition) is 9. The Balaban J connectivity index is 2.61. The van der Waals surface area contributed by atoms with Crippen molar-refractivity contribution in [2.45, 2.75) is 84.7 Å². The normalized spacial score (nSPS) is 31.3. The number of aliphatic hydroxyl groups is 1. The Morgan fingerprint density at radius 1 is 1.16 bits per heavy atom. The number of nitrogens with one attached hydrogen (secondary N) is 2. The summed E-state index contributed by atoms with van der Waals surface area (Å²) in [6.07, 6.45) is 5.69. The number of rotatable bonds is 7. The minimum atomic E-state index is -0.994. The third kappa shape index (κ3) is 10.0. The molecule has 2 aliphatic rings. The van der Waals surface area contributed by atoms with Crippen molar-refractivity contribution >= 4 is 23.6 Å². The van der Waals surface area contributed by atoms with Crippen LogP contribution in [0.4, 0.5) is 4.79 Å². The molecule has 238 valence electrons. The Kier molecular flexibility index (Phi) is 14.0. The lowest BCUT2D eigenvalue weighted by atomic mass is 9.85. The van der Waals surface area contributed by atoms with E-state index in [-0.39, 0.29) is 40.7 Å². The first-order valence-electron chi connectivity index (χ1n) is 14.7. The summed E-state index contributed by atoms with van der Waals surface area (Å²) in [4.78, 5) is 51.6. The van der Waals surface area contributed by atoms with E-state index in [1.165, 1.54) is 20.3 Å². The first kappa shape index (κ1) is 35.7. The lowest BCUT2D eigenvalue weighted by Gasteiger charge is -2.30. The number of nitrogens with two attached hydrogens (primary N) is 1. The van der Waals surface area contributed by atoms with Crippen LogP contribution in [-0.2, 0) is 28.6 Å². The number of primary amides is 1. The zero-order valence-electron chi connectivity index (χ0n) is 26.3. The van der Waals surface area contributed by atoms with E-state index in [9.17, 15) is 24.3 Å². The van der Waals surface area contributed by atoms with Gasteiger partial charge in [0, 0.05) is 43.9 Å². The van der Waals surface area contributed by atoms with E-state index < -0.39 is 48.1 Å². The van der Waals surface area contributed by atoms with Gasteiger partial charge < -0.3 is 35.7 Å². The van der Waals surface area contributed by atoms with Gasteiger partial charge in [0.15, 0.2) is 6.10 Å². The van der Waals surface area contributed by atoms with Crippen molar-refractivity contribution in [2.24, 2.45) is 17.6 Å². The number of ketones is 2. The highest BCUT2D eigenvalue weighted by Gasteiger charge is 2.33. The Bertz CT molecular complexity index is 1200. The van der Waals surface area contributed by atoms with Crippen molar-refractivity contribution in [3.8, 4) is 0 Å². The van der Waals surface area contributed by atoms with Crippen molar-refractivity contribution in [3.63, 3.8) is 0 Å². The van der Waals surface area contributed by atoms with E-state index in [1.807, 2.05) is 20.8 Å². The van der Waals surface area contributed by atoms with Gasteiger partial charge in [-0.2, -0.15) is 0 Å². The average molecular weight is 602 g/mol. The molecular weight excluding hydrogens is 554 g/mol. The summed E-state index contributed by atoms with van der Waals surface area (Å²) in [5.41, 5.74) is 6.62. The van der Waals surface area contributed by atoms with E-state index in [0.29, 0.717) is 18.5 Å². The number of carbonyl (C=O) groups excluding carboxylic acids is 4. The molecule has 0 aromatic rings. The van der Waals surface area contributed by atoms with Crippen molar-refractivity contribution in [1.82, 2.24) is 10.6 Å². The minimum Gasteiger partial charge on any atom is -0.439 e. The highest BCUT2D eigenvalue weighted by atomic mass is 16.6. The van der Waals surface area contributed by atoms with Crippen LogP contribution in [0.25, 0.3) is 0 Å². The maximum atomic E-state index is 13.6. The summed E-state index contributed by atoms with van der Waals surface area (Å²) in [5.74, 6) is -2.00. The van der Waals surface area contributed by atoms with Crippen molar-refractivity contribution in [3.05, 3.63) is 58.5 Å². The number of ether oxygens (including phenoxy) is 3. The van der Waals surface area contributed by atoms with Gasteiger partial charge in [-0.05, 0) is 44.6 Å². The van der Waals surface area contributed by atoms with Crippen molar-refractivity contribution in [2.75, 3.05) is 20.8 Å². The molecule has 1 aliphatic heterocycles. The van der Waals surface area contributed by atoms with Gasteiger partial charge >= 0.3 is 6.09 Å². The fourth-order valence-corrected chi connectivity index (χ4v) is 5.17. The van der Waals surface area contributed by atoms with Gasteiger partial charge in [-0.15, -0.1) is 0 Å². The molecule has 0 aromatic heterocycles. The molecule has 0 saturated heterocycles. The molecule has 0 spiro atoms. The number of methoxy groups -OCH3 is 2. The number of fused-ring (bicyclic) bond motifs is 2. The molecule has 1 unspecified atom stereocenters. The number of amides is 2. The number of aliphatic hydroxyl groups excluding tert-OH is 1. The molecule has 0 fully saturated rings. The molecule has 43 heavy (non-hydrogen) atoms. The summed E-state index contributed by atoms with van der Waals surface area (Å²) >= 11 is 0. The molecule has 2 amide bonds. The standard InChI is InChI=1S/C32H47N3O8/c1-8-9-13-34-27-22-14-18(2)15-26(42-7)28(37)20(4)16-21(5)30(43-32(33)40)25(41-6)12-10-11-19(3)31(39)35-23(29(22)38)17-24(27)36/h10-12,16-18,20,25-26,28,30,34,37H,8-9,13-15H2,1-7H3,(H2,33,40)(H,35,39)/b12-10-,19-11+,21-16+/t18-,20+,25+,26+,28-,30?/m1/s1. The molecule has 0 saturated carbocycles. The smallest absolute Gasteiger partial charge is 0.405 e. The molecule has 11 heteroatoms. The summed E-state index contributed by atoms with van der Waals surface area (Å²) in [6, 6.07) is 0. The SMILES string of the molecule is CCCCNC1=C2C[C@@H](C)C[C@H](OC)[C@H](O)[C@@H](C)/C=C(\C)C(OC(N)=O)[C@@H](OC)/C=C\C=C(/C)C(=O)NC(=CC1=O)C2=O. The fourth-order valence-electron chi connectivity index (χ4n) is 5.17. The van der Waals surface area contributed by atoms with Gasteiger partial charge in [0.1, 0.15) is 6.10 Å². The Morgan fingerprint density at radius 2 is 1.86 bits per heavy atom. The van der Waals surface area contributed by atoms with Gasteiger partial charge in [0.25, 0.3) is 5.91 Å². The van der Waals surface area contributed by atoms with E-state index >= 15 is 0 Å². The van der Waals surface area contributed by atoms with Crippen LogP contribution in [0.5, 0.6) is 0 Å². The molecule has 1 aliphatic carbocycles. The highest BCUT2D eigenvalue weighted by molar-refractivity contribution is 6.23. The fraction of sp³-hybridized carbons (Fsp3) is 0.562. The van der Waals surface area contributed by atoms with Crippen LogP contribution in [0.3, 0.4) is 0 Å². The molecule has 0 radical (unpaired) electrons. The van der Waals surface area contributed by atoms with Crippen LogP contribution in [0.1, 0.15) is 60.3 Å². The van der Waals surface area contributed by atoms with E-state index in [0.717, 1.165) is 18.9 Å². The second kappa shape index (κ2) is 16.9. The Labute approximate surface area is 254 Å². The zero-order valence-corrected chi connectivity index (χ0v) is 26.3. The highest BCUT2D eigenvalue weighted by Crippen LogP contribution is 2.29. The monoisotopic (exact) mass is 601 g/mol. The van der Waals surface area contributed by atoms with Crippen LogP contribution in [0, 0.1) is 11.8 Å². The molecule has 2 bridgehead atoms. The van der Waals surface area contributed by atoms with Crippen LogP contribution in [0.2, 0.25) is 0 Å². The largest absolute Gasteiger partial charge is 0.439 e. The summed E-state index contributed by atoms with van der Waals surface area (Å²) in [6.45, 7) is 9.59. The predicted octanol–water partition coefficient (Wildman–Crippen LogP) is 3.15. The van der Waals surface area contributed by atoms with E-state index in [4.69, 9.17) is 19.9 Å². The second-order valence-corrected chi connectivity index (χ2v) is 11.2. The van der Waals surface area contributed by atoms with Crippen molar-refractivity contribution < 1.29 is 38.5 Å². The maximum absolute atomic E-state index is 13.6. The van der Waals surface area contributed by atoms with Crippen LogP contribution >= 0.6 is 0 Å². The lowest BCUT2D eigenvalue weighted by Crippen LogP contribution is -2.38. The topological polar surface area (TPSA) is 166 Å². The van der Waals surface area contributed by atoms with Gasteiger partial charge in [-0.3, -0.25) is 14.4 Å². The molecule has 5 N–H and O–H groups in total. The first-order valence-corrected chi connectivity index (χ1v) is 14.7. The molecule has 0 aromatic carbocycles. The minimum absolute atomic E-state index is 0.102. The number of hydrogen-bond donors (Lipinski definition) is 4. The van der Waals surface area contributed by atoms with Crippen LogP contribution in [-0.4, -0.2) is 73.9 Å². The Morgan fingerprint density at radius 3 is 2.47 bits per heavy atom. The van der Waals surface area contributed by atoms with Gasteiger partial charge in [-0.25, -0.2) is 4.79 Å². The summed E-state index contributed by atoms with van der Waals surface area (Å²) in [5, 5.41) is 17.0. The molecule has 1 heterocycles. The first-order chi connectivity index (χ1) is 20.3. The van der Waals surface area contributed by atoms with E-state index in [1.54, 1.807) is 32.1 Å².